The van der Waals surface area contributed by atoms with Gasteiger partial charge in [-0.15, -0.1) is 0 Å². The van der Waals surface area contributed by atoms with Gasteiger partial charge in [-0.3, -0.25) is 4.79 Å². The van der Waals surface area contributed by atoms with Crippen LogP contribution in [-0.4, -0.2) is 18.2 Å². The van der Waals surface area contributed by atoms with E-state index < -0.39 is 0 Å². The fourth-order valence-corrected chi connectivity index (χ4v) is 4.56. The second-order valence-electron chi connectivity index (χ2n) is 7.95. The van der Waals surface area contributed by atoms with Gasteiger partial charge in [-0.25, -0.2) is 4.39 Å². The molecule has 0 bridgehead atoms. The Bertz CT molecular complexity index is 1270. The molecule has 1 heterocycles. The smallest absolute Gasteiger partial charge is 0.280 e. The molecule has 4 rings (SSSR count). The first-order valence-corrected chi connectivity index (χ1v) is 12.6. The molecule has 0 saturated carbocycles. The average Bonchev–Trinajstić information content (AvgIpc) is 3.15. The summed E-state index contributed by atoms with van der Waals surface area (Å²) in [6, 6.07) is 19.7. The van der Waals surface area contributed by atoms with Crippen LogP contribution >= 0.6 is 22.6 Å². The first-order chi connectivity index (χ1) is 17.0. The Balaban J connectivity index is 1.66. The molecule has 0 aliphatic carbocycles. The molecule has 35 heavy (non-hydrogen) atoms. The number of ether oxygens (including phenoxy) is 2. The van der Waals surface area contributed by atoms with Gasteiger partial charge in [0, 0.05) is 5.56 Å². The van der Waals surface area contributed by atoms with E-state index in [1.807, 2.05) is 55.5 Å². The Morgan fingerprint density at radius 3 is 2.49 bits per heavy atom. The predicted octanol–water partition coefficient (Wildman–Crippen LogP) is 6.99. The van der Waals surface area contributed by atoms with Gasteiger partial charge in [0.1, 0.15) is 12.4 Å². The number of carbonyl (C=O) groups is 1. The van der Waals surface area contributed by atoms with Gasteiger partial charge in [0.2, 0.25) is 0 Å². The van der Waals surface area contributed by atoms with Crippen LogP contribution in [0.4, 0.5) is 10.1 Å². The molecule has 1 amide bonds. The van der Waals surface area contributed by atoms with Crippen molar-refractivity contribution < 1.29 is 18.7 Å². The minimum atomic E-state index is -0.313. The highest BCUT2D eigenvalue weighted by Gasteiger charge is 2.30. The maximum Gasteiger partial charge on any atom is 0.280 e. The topological polar surface area (TPSA) is 51.1 Å². The molecule has 0 saturated heterocycles. The van der Waals surface area contributed by atoms with Crippen molar-refractivity contribution in [3.63, 3.8) is 0 Å². The van der Waals surface area contributed by atoms with Crippen LogP contribution in [0.15, 0.2) is 77.4 Å². The van der Waals surface area contributed by atoms with Crippen LogP contribution in [0.25, 0.3) is 6.08 Å². The van der Waals surface area contributed by atoms with E-state index in [9.17, 15) is 9.18 Å². The maximum absolute atomic E-state index is 14.1. The predicted molar refractivity (Wildman–Crippen MR) is 145 cm³/mol. The minimum absolute atomic E-state index is 0.0843. The Kier molecular flexibility index (Phi) is 8.17. The van der Waals surface area contributed by atoms with Gasteiger partial charge >= 0.3 is 0 Å². The molecule has 7 heteroatoms. The molecule has 0 unspecified atom stereocenters. The van der Waals surface area contributed by atoms with Gasteiger partial charge in [0.25, 0.3) is 5.91 Å². The highest BCUT2D eigenvalue weighted by molar-refractivity contribution is 14.1. The highest BCUT2D eigenvalue weighted by Crippen LogP contribution is 2.36. The summed E-state index contributed by atoms with van der Waals surface area (Å²) in [4.78, 5) is 13.3. The van der Waals surface area contributed by atoms with E-state index in [0.717, 1.165) is 27.0 Å². The zero-order chi connectivity index (χ0) is 24.8. The minimum Gasteiger partial charge on any atom is -0.490 e. The normalized spacial score (nSPS) is 14.4. The van der Waals surface area contributed by atoms with Crippen molar-refractivity contribution >= 4 is 46.0 Å². The summed E-state index contributed by atoms with van der Waals surface area (Å²) in [6.07, 6.45) is 3.42. The van der Waals surface area contributed by atoms with Crippen LogP contribution < -0.4 is 14.5 Å². The number of carbonyl (C=O) groups excluding carboxylic acids is 1. The van der Waals surface area contributed by atoms with Gasteiger partial charge in [-0.1, -0.05) is 49.7 Å². The summed E-state index contributed by atoms with van der Waals surface area (Å²) in [7, 11) is 0. The third-order valence-corrected chi connectivity index (χ3v) is 6.22. The third kappa shape index (κ3) is 5.73. The summed E-state index contributed by atoms with van der Waals surface area (Å²) in [5.41, 5.74) is 3.33. The van der Waals surface area contributed by atoms with E-state index in [2.05, 4.69) is 34.6 Å². The van der Waals surface area contributed by atoms with Crippen molar-refractivity contribution in [2.24, 2.45) is 5.10 Å². The molecule has 3 aromatic carbocycles. The van der Waals surface area contributed by atoms with E-state index in [1.165, 1.54) is 11.1 Å². The summed E-state index contributed by atoms with van der Waals surface area (Å²) >= 11 is 2.18. The third-order valence-electron chi connectivity index (χ3n) is 5.41. The van der Waals surface area contributed by atoms with E-state index in [1.54, 1.807) is 18.2 Å². The summed E-state index contributed by atoms with van der Waals surface area (Å²) in [6.45, 7) is 4.48. The van der Waals surface area contributed by atoms with E-state index in [-0.39, 0.29) is 18.3 Å². The maximum atomic E-state index is 14.1. The van der Waals surface area contributed by atoms with Crippen molar-refractivity contribution in [1.29, 1.82) is 0 Å². The zero-order valence-corrected chi connectivity index (χ0v) is 21.8. The second-order valence-corrected chi connectivity index (χ2v) is 9.11. The molecule has 0 N–H and O–H groups in total. The lowest BCUT2D eigenvalue weighted by atomic mass is 10.0. The van der Waals surface area contributed by atoms with E-state index in [4.69, 9.17) is 9.47 Å². The molecule has 1 aliphatic heterocycles. The number of benzene rings is 3. The van der Waals surface area contributed by atoms with Gasteiger partial charge in [0.05, 0.1) is 27.1 Å². The molecular weight excluding hydrogens is 558 g/mol. The molecule has 0 fully saturated rings. The van der Waals surface area contributed by atoms with Crippen LogP contribution in [0.1, 0.15) is 37.8 Å². The number of rotatable bonds is 9. The van der Waals surface area contributed by atoms with Crippen molar-refractivity contribution in [2.45, 2.75) is 33.3 Å². The quantitative estimate of drug-likeness (QED) is 0.201. The lowest BCUT2D eigenvalue weighted by molar-refractivity contribution is -0.114. The van der Waals surface area contributed by atoms with Gasteiger partial charge < -0.3 is 9.47 Å². The number of para-hydroxylation sites is 1. The van der Waals surface area contributed by atoms with E-state index in [0.29, 0.717) is 35.7 Å². The van der Waals surface area contributed by atoms with Crippen molar-refractivity contribution in [2.75, 3.05) is 11.6 Å². The van der Waals surface area contributed by atoms with Gasteiger partial charge in [0.15, 0.2) is 11.5 Å². The molecule has 0 atom stereocenters. The Morgan fingerprint density at radius 1 is 1.03 bits per heavy atom. The van der Waals surface area contributed by atoms with E-state index >= 15 is 0 Å². The van der Waals surface area contributed by atoms with Crippen LogP contribution in [0.5, 0.6) is 11.5 Å². The lowest BCUT2D eigenvalue weighted by Gasteiger charge is -2.15. The summed E-state index contributed by atoms with van der Waals surface area (Å²) < 4.78 is 26.7. The number of hydrazone groups is 1. The number of amides is 1. The Labute approximate surface area is 218 Å². The van der Waals surface area contributed by atoms with Crippen LogP contribution in [-0.2, 0) is 11.4 Å². The van der Waals surface area contributed by atoms with Crippen LogP contribution in [0.2, 0.25) is 0 Å². The largest absolute Gasteiger partial charge is 0.490 e. The van der Waals surface area contributed by atoms with Crippen molar-refractivity contribution in [3.05, 3.63) is 92.8 Å². The number of hydrogen-bond donors (Lipinski definition) is 0. The monoisotopic (exact) mass is 584 g/mol. The van der Waals surface area contributed by atoms with Crippen LogP contribution in [0.3, 0.4) is 0 Å². The molecule has 3 aromatic rings. The Hall–Kier alpha value is -3.20. The number of halogens is 2. The molecular formula is C28H26FIN2O3. The Morgan fingerprint density at radius 2 is 1.77 bits per heavy atom. The molecule has 0 radical (unpaired) electrons. The molecule has 180 valence electrons. The highest BCUT2D eigenvalue weighted by atomic mass is 127. The summed E-state index contributed by atoms with van der Waals surface area (Å²) in [5, 5.41) is 6.07. The summed E-state index contributed by atoms with van der Waals surface area (Å²) in [5.74, 6) is 0.616. The average molecular weight is 584 g/mol. The fraction of sp³-hybridized carbons (Fsp3) is 0.214. The number of hydrogen-bond acceptors (Lipinski definition) is 4. The van der Waals surface area contributed by atoms with Gasteiger partial charge in [-0.2, -0.15) is 10.1 Å². The van der Waals surface area contributed by atoms with Crippen molar-refractivity contribution in [3.8, 4) is 11.5 Å². The lowest BCUT2D eigenvalue weighted by Crippen LogP contribution is -2.21. The van der Waals surface area contributed by atoms with Crippen molar-refractivity contribution in [1.82, 2.24) is 0 Å². The second kappa shape index (κ2) is 11.5. The molecule has 0 aromatic heterocycles. The fourth-order valence-electron chi connectivity index (χ4n) is 3.77. The van der Waals surface area contributed by atoms with Gasteiger partial charge in [-0.05, 0) is 77.9 Å². The standard InChI is InChI=1S/C28H26FIN2O3/c1-3-10-25-22(28(33)32(31-25)21-12-6-5-7-13-21)15-19-16-24(30)27(26(17-19)34-4-2)35-18-20-11-8-9-14-23(20)29/h5-9,11-17H,3-4,10,18H2,1-2H3/b22-15-. The molecule has 1 aliphatic rings. The first-order valence-electron chi connectivity index (χ1n) is 11.5. The number of anilines is 1. The zero-order valence-electron chi connectivity index (χ0n) is 19.6. The first kappa shape index (κ1) is 24.9. The SMILES string of the molecule is CCCC1=NN(c2ccccc2)C(=O)/C1=C\c1cc(I)c(OCc2ccccc2F)c(OCC)c1. The number of nitrogens with zero attached hydrogens (tertiary/aromatic N) is 2. The molecule has 0 spiro atoms. The molecule has 5 nitrogen and oxygen atoms in total. The van der Waals surface area contributed by atoms with Crippen LogP contribution in [0, 0.1) is 9.39 Å².